The Morgan fingerprint density at radius 1 is 1.71 bits per heavy atom. The summed E-state index contributed by atoms with van der Waals surface area (Å²) in [6, 6.07) is 0.526. The van der Waals surface area contributed by atoms with E-state index < -0.39 is 0 Å². The summed E-state index contributed by atoms with van der Waals surface area (Å²) in [5, 5.41) is 1.95. The molecule has 3 atom stereocenters. The molecule has 2 unspecified atom stereocenters. The van der Waals surface area contributed by atoms with Gasteiger partial charge in [0.05, 0.1) is 17.9 Å². The molecule has 2 saturated heterocycles. The molecule has 0 aromatic rings. The first-order chi connectivity index (χ1) is 8.31. The van der Waals surface area contributed by atoms with Gasteiger partial charge in [-0.15, -0.1) is 6.58 Å². The van der Waals surface area contributed by atoms with Crippen molar-refractivity contribution in [3.63, 3.8) is 0 Å². The van der Waals surface area contributed by atoms with Gasteiger partial charge in [0.2, 0.25) is 0 Å². The monoisotopic (exact) mass is 253 g/mol. The molecule has 5 nitrogen and oxygen atoms in total. The van der Waals surface area contributed by atoms with E-state index in [2.05, 4.69) is 11.0 Å². The van der Waals surface area contributed by atoms with Crippen molar-refractivity contribution < 1.29 is 9.63 Å². The summed E-state index contributed by atoms with van der Waals surface area (Å²) in [5.74, 6) is 0. The summed E-state index contributed by atoms with van der Waals surface area (Å²) >= 11 is 1.60. The van der Waals surface area contributed by atoms with Crippen LogP contribution in [0, 0.1) is 0 Å². The molecule has 0 aliphatic carbocycles. The van der Waals surface area contributed by atoms with Crippen molar-refractivity contribution in [2.24, 2.45) is 4.40 Å². The third-order valence-electron chi connectivity index (χ3n) is 3.46. The normalized spacial score (nSPS) is 35.1. The van der Waals surface area contributed by atoms with Gasteiger partial charge in [0.25, 0.3) is 0 Å². The Morgan fingerprint density at radius 3 is 3.24 bits per heavy atom. The van der Waals surface area contributed by atoms with E-state index in [1.54, 1.807) is 18.0 Å². The Labute approximate surface area is 105 Å². The lowest BCUT2D eigenvalue weighted by Gasteiger charge is -2.33. The van der Waals surface area contributed by atoms with Crippen LogP contribution in [0.25, 0.3) is 0 Å². The van der Waals surface area contributed by atoms with Gasteiger partial charge < -0.3 is 4.90 Å². The van der Waals surface area contributed by atoms with Crippen LogP contribution in [0.1, 0.15) is 12.8 Å². The molecule has 2 amide bonds. The maximum atomic E-state index is 12.1. The average Bonchev–Trinajstić information content (AvgIpc) is 3.02. The molecule has 0 radical (unpaired) electrons. The number of hydroxylamine groups is 2. The van der Waals surface area contributed by atoms with Gasteiger partial charge >= 0.3 is 6.03 Å². The molecule has 6 heteroatoms. The first-order valence-electron chi connectivity index (χ1n) is 5.82. The van der Waals surface area contributed by atoms with E-state index >= 15 is 0 Å². The van der Waals surface area contributed by atoms with Crippen LogP contribution in [0.3, 0.4) is 0 Å². The van der Waals surface area contributed by atoms with Crippen LogP contribution >= 0.6 is 11.9 Å². The van der Waals surface area contributed by atoms with E-state index in [1.165, 1.54) is 5.06 Å². The quantitative estimate of drug-likeness (QED) is 0.563. The molecular weight excluding hydrogens is 238 g/mol. The predicted octanol–water partition coefficient (Wildman–Crippen LogP) is 1.47. The zero-order valence-corrected chi connectivity index (χ0v) is 10.3. The first kappa shape index (κ1) is 11.1. The molecule has 2 fully saturated rings. The van der Waals surface area contributed by atoms with Crippen molar-refractivity contribution in [3.05, 3.63) is 12.7 Å². The van der Waals surface area contributed by atoms with Gasteiger partial charge in [0, 0.05) is 18.8 Å². The minimum Gasteiger partial charge on any atom is -0.316 e. The smallest absolute Gasteiger partial charge is 0.316 e. The van der Waals surface area contributed by atoms with Crippen LogP contribution in [-0.4, -0.2) is 52.7 Å². The van der Waals surface area contributed by atoms with Crippen molar-refractivity contribution in [1.82, 2.24) is 9.96 Å². The Bertz CT molecular complexity index is 366. The number of hydrogen-bond donors (Lipinski definition) is 0. The van der Waals surface area contributed by atoms with Crippen molar-refractivity contribution in [3.8, 4) is 0 Å². The van der Waals surface area contributed by atoms with Crippen LogP contribution in [0.15, 0.2) is 17.1 Å². The van der Waals surface area contributed by atoms with E-state index in [4.69, 9.17) is 4.84 Å². The molecular formula is C11H15N3O2S. The molecule has 0 N–H and O–H groups in total. The summed E-state index contributed by atoms with van der Waals surface area (Å²) in [4.78, 5) is 19.4. The van der Waals surface area contributed by atoms with Gasteiger partial charge in [-0.2, -0.15) is 5.06 Å². The number of amides is 2. The Balaban J connectivity index is 1.65. The van der Waals surface area contributed by atoms with Gasteiger partial charge in [0.15, 0.2) is 0 Å². The Kier molecular flexibility index (Phi) is 2.84. The minimum atomic E-state index is 0.000556. The molecule has 3 aliphatic heterocycles. The number of carbonyl (C=O) groups is 1. The van der Waals surface area contributed by atoms with Crippen molar-refractivity contribution >= 4 is 24.2 Å². The topological polar surface area (TPSA) is 45.1 Å². The molecule has 0 aromatic carbocycles. The standard InChI is InChI=1S/C11H15N3O2S/c1-2-5-16-14-8-6-9(10-3-4-12-17-10)13(7-8)11(14)15/h2,4,8-10H,1,3,5-7H2/t8?,9?,10-/m1/s1. The van der Waals surface area contributed by atoms with Crippen molar-refractivity contribution in [1.29, 1.82) is 0 Å². The van der Waals surface area contributed by atoms with Crippen LogP contribution in [-0.2, 0) is 4.84 Å². The van der Waals surface area contributed by atoms with Gasteiger partial charge in [-0.1, -0.05) is 6.08 Å². The van der Waals surface area contributed by atoms with Crippen molar-refractivity contribution in [2.75, 3.05) is 13.2 Å². The summed E-state index contributed by atoms with van der Waals surface area (Å²) in [6.45, 7) is 4.77. The number of urea groups is 1. The van der Waals surface area contributed by atoms with Gasteiger partial charge in [0.1, 0.15) is 0 Å². The summed E-state index contributed by atoms with van der Waals surface area (Å²) < 4.78 is 4.18. The molecule has 3 rings (SSSR count). The second-order valence-corrected chi connectivity index (χ2v) is 5.50. The summed E-state index contributed by atoms with van der Waals surface area (Å²) in [7, 11) is 0. The van der Waals surface area contributed by atoms with Gasteiger partial charge in [-0.25, -0.2) is 9.19 Å². The maximum absolute atomic E-state index is 12.1. The van der Waals surface area contributed by atoms with Gasteiger partial charge in [-0.05, 0) is 24.8 Å². The number of fused-ring (bicyclic) bond motifs is 2. The second kappa shape index (κ2) is 4.34. The second-order valence-electron chi connectivity index (χ2n) is 4.47. The van der Waals surface area contributed by atoms with Crippen LogP contribution in [0.2, 0.25) is 0 Å². The highest BCUT2D eigenvalue weighted by Crippen LogP contribution is 2.39. The third kappa shape index (κ3) is 1.75. The largest absolute Gasteiger partial charge is 0.344 e. The third-order valence-corrected chi connectivity index (χ3v) is 4.50. The number of nitrogens with zero attached hydrogens (tertiary/aromatic N) is 3. The van der Waals surface area contributed by atoms with Crippen LogP contribution in [0.4, 0.5) is 4.79 Å². The Hall–Kier alpha value is -1.01. The molecule has 2 bridgehead atoms. The van der Waals surface area contributed by atoms with E-state index in [9.17, 15) is 4.79 Å². The molecule has 0 saturated carbocycles. The van der Waals surface area contributed by atoms with Crippen LogP contribution < -0.4 is 0 Å². The zero-order valence-electron chi connectivity index (χ0n) is 9.49. The molecule has 0 spiro atoms. The maximum Gasteiger partial charge on any atom is 0.344 e. The molecule has 0 aromatic heterocycles. The highest BCUT2D eigenvalue weighted by molar-refractivity contribution is 7.99. The number of carbonyl (C=O) groups excluding carboxylic acids is 1. The molecule has 3 heterocycles. The van der Waals surface area contributed by atoms with Crippen molar-refractivity contribution in [2.45, 2.75) is 30.2 Å². The van der Waals surface area contributed by atoms with Crippen LogP contribution in [0.5, 0.6) is 0 Å². The average molecular weight is 253 g/mol. The van der Waals surface area contributed by atoms with E-state index in [0.717, 1.165) is 19.4 Å². The van der Waals surface area contributed by atoms with E-state index in [0.29, 0.717) is 17.9 Å². The molecule has 17 heavy (non-hydrogen) atoms. The summed E-state index contributed by atoms with van der Waals surface area (Å²) in [5.41, 5.74) is 0. The fourth-order valence-corrected chi connectivity index (χ4v) is 3.60. The highest BCUT2D eigenvalue weighted by Gasteiger charge is 2.51. The lowest BCUT2D eigenvalue weighted by Crippen LogP contribution is -2.48. The number of hydrogen-bond acceptors (Lipinski definition) is 4. The van der Waals surface area contributed by atoms with E-state index in [-0.39, 0.29) is 12.1 Å². The highest BCUT2D eigenvalue weighted by atomic mass is 32.2. The number of rotatable bonds is 4. The molecule has 92 valence electrons. The zero-order chi connectivity index (χ0) is 11.8. The SMILES string of the molecule is C=CCON1C(=O)N2CC1CC2[C@H]1CC=NS1. The molecule has 3 aliphatic rings. The minimum absolute atomic E-state index is 0.000556. The fraction of sp³-hybridized carbons (Fsp3) is 0.636. The first-order valence-corrected chi connectivity index (χ1v) is 6.66. The lowest BCUT2D eigenvalue weighted by molar-refractivity contribution is -0.126. The predicted molar refractivity (Wildman–Crippen MR) is 66.8 cm³/mol. The Morgan fingerprint density at radius 2 is 2.59 bits per heavy atom. The van der Waals surface area contributed by atoms with E-state index in [1.807, 2.05) is 11.1 Å². The fourth-order valence-electron chi connectivity index (χ4n) is 2.70. The summed E-state index contributed by atoms with van der Waals surface area (Å²) in [6.07, 6.45) is 5.56. The lowest BCUT2D eigenvalue weighted by atomic mass is 10.1. The van der Waals surface area contributed by atoms with Gasteiger partial charge in [-0.3, -0.25) is 4.84 Å².